The van der Waals surface area contributed by atoms with Gasteiger partial charge < -0.3 is 9.88 Å². The molecule has 1 saturated heterocycles. The first kappa shape index (κ1) is 8.92. The second-order valence-electron chi connectivity index (χ2n) is 4.07. The molecule has 15 heavy (non-hydrogen) atoms. The smallest absolute Gasteiger partial charge is 0.123 e. The Labute approximate surface area is 87.7 Å². The van der Waals surface area contributed by atoms with Crippen molar-refractivity contribution in [1.29, 1.82) is 0 Å². The monoisotopic (exact) mass is 204 g/mol. The van der Waals surface area contributed by atoms with Crippen molar-refractivity contribution in [3.63, 3.8) is 0 Å². The van der Waals surface area contributed by atoms with Crippen LogP contribution in [0.2, 0.25) is 0 Å². The fraction of sp³-hybridized carbons (Fsp3) is 0.333. The van der Waals surface area contributed by atoms with Crippen molar-refractivity contribution < 1.29 is 4.39 Å². The number of hydrogen-bond acceptors (Lipinski definition) is 1. The minimum atomic E-state index is -0.162. The normalized spacial score (nSPS) is 21.3. The number of nitrogens with one attached hydrogen (secondary N) is 1. The third kappa shape index (κ3) is 1.43. The van der Waals surface area contributed by atoms with Gasteiger partial charge >= 0.3 is 0 Å². The Kier molecular flexibility index (Phi) is 1.99. The lowest BCUT2D eigenvalue weighted by molar-refractivity contribution is 0.565. The quantitative estimate of drug-likeness (QED) is 0.754. The van der Waals surface area contributed by atoms with Crippen LogP contribution in [0.1, 0.15) is 12.5 Å². The van der Waals surface area contributed by atoms with E-state index in [1.54, 1.807) is 6.07 Å². The van der Waals surface area contributed by atoms with Crippen LogP contribution in [0.5, 0.6) is 0 Å². The molecule has 0 bridgehead atoms. The topological polar surface area (TPSA) is 17.0 Å². The van der Waals surface area contributed by atoms with Gasteiger partial charge in [-0.3, -0.25) is 0 Å². The Bertz CT molecular complexity index is 483. The van der Waals surface area contributed by atoms with E-state index >= 15 is 0 Å². The Morgan fingerprint density at radius 2 is 2.27 bits per heavy atom. The maximum absolute atomic E-state index is 13.0. The summed E-state index contributed by atoms with van der Waals surface area (Å²) in [6.45, 7) is 2.09. The molecule has 1 N–H and O–H groups in total. The molecular weight excluding hydrogens is 191 g/mol. The molecule has 1 fully saturated rings. The molecule has 2 aromatic rings. The van der Waals surface area contributed by atoms with Crippen molar-refractivity contribution >= 4 is 10.9 Å². The van der Waals surface area contributed by atoms with Gasteiger partial charge in [0.1, 0.15) is 5.82 Å². The average Bonchev–Trinajstić information content (AvgIpc) is 2.82. The Morgan fingerprint density at radius 3 is 3.07 bits per heavy atom. The Balaban J connectivity index is 2.11. The first-order valence-electron chi connectivity index (χ1n) is 5.31. The van der Waals surface area contributed by atoms with Gasteiger partial charge in [-0.1, -0.05) is 0 Å². The molecule has 0 saturated carbocycles. The number of benzene rings is 1. The number of rotatable bonds is 1. The van der Waals surface area contributed by atoms with E-state index in [1.165, 1.54) is 6.07 Å². The molecule has 0 aliphatic carbocycles. The third-order valence-electron chi connectivity index (χ3n) is 3.11. The van der Waals surface area contributed by atoms with E-state index < -0.39 is 0 Å². The molecule has 0 radical (unpaired) electrons. The predicted octanol–water partition coefficient (Wildman–Crippen LogP) is 2.31. The van der Waals surface area contributed by atoms with E-state index in [9.17, 15) is 4.39 Å². The van der Waals surface area contributed by atoms with Crippen LogP contribution in [0.4, 0.5) is 4.39 Å². The summed E-state index contributed by atoms with van der Waals surface area (Å²) < 4.78 is 15.2. The van der Waals surface area contributed by atoms with Crippen LogP contribution in [-0.2, 0) is 0 Å². The van der Waals surface area contributed by atoms with Crippen molar-refractivity contribution in [3.05, 3.63) is 36.3 Å². The average molecular weight is 204 g/mol. The standard InChI is InChI=1S/C12H13FN2/c13-10-1-2-12-9(7-10)4-6-15(12)11-3-5-14-8-11/h1-2,4,6-7,11,14H,3,5,8H2. The second-order valence-corrected chi connectivity index (χ2v) is 4.07. The number of hydrogen-bond donors (Lipinski definition) is 1. The van der Waals surface area contributed by atoms with Crippen LogP contribution in [0.3, 0.4) is 0 Å². The highest BCUT2D eigenvalue weighted by molar-refractivity contribution is 5.80. The summed E-state index contributed by atoms with van der Waals surface area (Å²) in [6.07, 6.45) is 3.21. The first-order valence-corrected chi connectivity index (χ1v) is 5.31. The van der Waals surface area contributed by atoms with Crippen LogP contribution in [-0.4, -0.2) is 17.7 Å². The van der Waals surface area contributed by atoms with Crippen molar-refractivity contribution in [2.45, 2.75) is 12.5 Å². The van der Waals surface area contributed by atoms with Crippen LogP contribution in [0, 0.1) is 5.82 Å². The molecule has 3 rings (SSSR count). The van der Waals surface area contributed by atoms with Gasteiger partial charge in [-0.15, -0.1) is 0 Å². The molecule has 1 unspecified atom stereocenters. The number of aromatic nitrogens is 1. The summed E-state index contributed by atoms with van der Waals surface area (Å²) in [7, 11) is 0. The largest absolute Gasteiger partial charge is 0.343 e. The minimum Gasteiger partial charge on any atom is -0.343 e. The molecular formula is C12H13FN2. The van der Waals surface area contributed by atoms with Crippen molar-refractivity contribution in [2.24, 2.45) is 0 Å². The van der Waals surface area contributed by atoms with Gasteiger partial charge in [0.2, 0.25) is 0 Å². The molecule has 1 aromatic carbocycles. The van der Waals surface area contributed by atoms with Gasteiger partial charge in [-0.2, -0.15) is 0 Å². The van der Waals surface area contributed by atoms with E-state index in [-0.39, 0.29) is 5.82 Å². The highest BCUT2D eigenvalue weighted by Crippen LogP contribution is 2.24. The lowest BCUT2D eigenvalue weighted by Crippen LogP contribution is -2.12. The Morgan fingerprint density at radius 1 is 1.33 bits per heavy atom. The third-order valence-corrected chi connectivity index (χ3v) is 3.11. The van der Waals surface area contributed by atoms with Gasteiger partial charge in [0.05, 0.1) is 0 Å². The van der Waals surface area contributed by atoms with Crippen LogP contribution < -0.4 is 5.32 Å². The fourth-order valence-electron chi connectivity index (χ4n) is 2.33. The van der Waals surface area contributed by atoms with E-state index in [2.05, 4.69) is 16.1 Å². The highest BCUT2D eigenvalue weighted by Gasteiger charge is 2.17. The van der Waals surface area contributed by atoms with Crippen LogP contribution in [0.25, 0.3) is 10.9 Å². The van der Waals surface area contributed by atoms with E-state index in [4.69, 9.17) is 0 Å². The van der Waals surface area contributed by atoms with Gasteiger partial charge in [-0.25, -0.2) is 4.39 Å². The molecule has 1 aromatic heterocycles. The highest BCUT2D eigenvalue weighted by atomic mass is 19.1. The lowest BCUT2D eigenvalue weighted by Gasteiger charge is -2.12. The summed E-state index contributed by atoms with van der Waals surface area (Å²) in [6, 6.07) is 7.49. The summed E-state index contributed by atoms with van der Waals surface area (Å²) >= 11 is 0. The summed E-state index contributed by atoms with van der Waals surface area (Å²) in [5.41, 5.74) is 1.13. The summed E-state index contributed by atoms with van der Waals surface area (Å²) in [5.74, 6) is -0.162. The van der Waals surface area contributed by atoms with Crippen molar-refractivity contribution in [2.75, 3.05) is 13.1 Å². The van der Waals surface area contributed by atoms with Crippen molar-refractivity contribution in [3.8, 4) is 0 Å². The van der Waals surface area contributed by atoms with E-state index in [0.717, 1.165) is 30.4 Å². The molecule has 0 amide bonds. The van der Waals surface area contributed by atoms with Crippen LogP contribution in [0.15, 0.2) is 30.5 Å². The molecule has 1 aliphatic rings. The van der Waals surface area contributed by atoms with Gasteiger partial charge in [0.25, 0.3) is 0 Å². The molecule has 3 heteroatoms. The van der Waals surface area contributed by atoms with Crippen molar-refractivity contribution in [1.82, 2.24) is 9.88 Å². The Hall–Kier alpha value is -1.35. The summed E-state index contributed by atoms with van der Waals surface area (Å²) in [5, 5.41) is 4.33. The zero-order chi connectivity index (χ0) is 10.3. The lowest BCUT2D eigenvalue weighted by atomic mass is 10.2. The minimum absolute atomic E-state index is 0.162. The number of halogens is 1. The number of nitrogens with zero attached hydrogens (tertiary/aromatic N) is 1. The second kappa shape index (κ2) is 3.35. The maximum atomic E-state index is 13.0. The number of fused-ring (bicyclic) bond motifs is 1. The molecule has 78 valence electrons. The first-order chi connectivity index (χ1) is 7.34. The van der Waals surface area contributed by atoms with Gasteiger partial charge in [0, 0.05) is 29.7 Å². The van der Waals surface area contributed by atoms with Crippen LogP contribution >= 0.6 is 0 Å². The zero-order valence-electron chi connectivity index (χ0n) is 8.41. The molecule has 1 aliphatic heterocycles. The fourth-order valence-corrected chi connectivity index (χ4v) is 2.33. The van der Waals surface area contributed by atoms with E-state index in [1.807, 2.05) is 12.1 Å². The molecule has 2 nitrogen and oxygen atoms in total. The summed E-state index contributed by atoms with van der Waals surface area (Å²) in [4.78, 5) is 0. The molecule has 0 spiro atoms. The van der Waals surface area contributed by atoms with Gasteiger partial charge in [0.15, 0.2) is 0 Å². The molecule has 2 heterocycles. The predicted molar refractivity (Wildman–Crippen MR) is 58.4 cm³/mol. The molecule has 1 atom stereocenters. The SMILES string of the molecule is Fc1ccc2c(ccn2C2CCNC2)c1. The zero-order valence-corrected chi connectivity index (χ0v) is 8.41. The maximum Gasteiger partial charge on any atom is 0.123 e. The van der Waals surface area contributed by atoms with E-state index in [0.29, 0.717) is 6.04 Å². The van der Waals surface area contributed by atoms with Gasteiger partial charge in [-0.05, 0) is 37.2 Å².